The monoisotopic (exact) mass is 238 g/mol. The largest absolute Gasteiger partial charge is 0.262 e. The summed E-state index contributed by atoms with van der Waals surface area (Å²) in [6.07, 6.45) is 5.17. The number of tetrazole rings is 1. The molecule has 6 heteroatoms. The Labute approximate surface area is 103 Å². The van der Waals surface area contributed by atoms with E-state index in [9.17, 15) is 0 Å². The zero-order chi connectivity index (χ0) is 12.4. The number of pyridine rings is 2. The Morgan fingerprint density at radius 3 is 2.89 bits per heavy atom. The minimum atomic E-state index is 0.497. The number of hydrogen-bond acceptors (Lipinski definition) is 5. The zero-order valence-electron chi connectivity index (χ0n) is 9.72. The molecule has 0 aliphatic heterocycles. The molecule has 0 N–H and O–H groups in total. The van der Waals surface area contributed by atoms with Gasteiger partial charge in [-0.1, -0.05) is 6.07 Å². The third-order valence-electron chi connectivity index (χ3n) is 2.40. The fourth-order valence-corrected chi connectivity index (χ4v) is 1.57. The summed E-state index contributed by atoms with van der Waals surface area (Å²) in [5, 5.41) is 12.3. The van der Waals surface area contributed by atoms with E-state index in [-0.39, 0.29) is 0 Å². The fourth-order valence-electron chi connectivity index (χ4n) is 1.57. The summed E-state index contributed by atoms with van der Waals surface area (Å²) in [7, 11) is 0. The Morgan fingerprint density at radius 1 is 1.17 bits per heavy atom. The Hall–Kier alpha value is -2.63. The summed E-state index contributed by atoms with van der Waals surface area (Å²) < 4.78 is 0. The van der Waals surface area contributed by atoms with E-state index in [0.717, 1.165) is 11.3 Å². The normalized spacial score (nSPS) is 10.5. The molecule has 0 aromatic carbocycles. The number of aromatic nitrogens is 6. The van der Waals surface area contributed by atoms with Gasteiger partial charge in [0.2, 0.25) is 5.82 Å². The molecular weight excluding hydrogens is 228 g/mol. The molecule has 0 radical (unpaired) electrons. The Kier molecular flexibility index (Phi) is 2.53. The van der Waals surface area contributed by atoms with Gasteiger partial charge in [-0.25, -0.2) is 0 Å². The summed E-state index contributed by atoms with van der Waals surface area (Å²) in [6.45, 7) is 1.97. The molecule has 0 saturated carbocycles. The van der Waals surface area contributed by atoms with Crippen molar-refractivity contribution in [2.75, 3.05) is 0 Å². The highest BCUT2D eigenvalue weighted by Crippen LogP contribution is 2.11. The topological polar surface area (TPSA) is 69.4 Å². The second-order valence-electron chi connectivity index (χ2n) is 3.84. The van der Waals surface area contributed by atoms with Crippen molar-refractivity contribution in [2.24, 2.45) is 0 Å². The van der Waals surface area contributed by atoms with E-state index in [1.165, 1.54) is 4.80 Å². The van der Waals surface area contributed by atoms with Gasteiger partial charge < -0.3 is 0 Å². The van der Waals surface area contributed by atoms with Gasteiger partial charge in [-0.2, -0.15) is 0 Å². The first-order valence-corrected chi connectivity index (χ1v) is 5.46. The van der Waals surface area contributed by atoms with Crippen LogP contribution in [-0.2, 0) is 0 Å². The van der Waals surface area contributed by atoms with E-state index < -0.39 is 0 Å². The molecule has 0 atom stereocenters. The number of nitrogens with zero attached hydrogens (tertiary/aromatic N) is 6. The van der Waals surface area contributed by atoms with Gasteiger partial charge in [0.25, 0.3) is 0 Å². The van der Waals surface area contributed by atoms with Crippen molar-refractivity contribution >= 4 is 0 Å². The van der Waals surface area contributed by atoms with Crippen molar-refractivity contribution in [3.63, 3.8) is 0 Å². The van der Waals surface area contributed by atoms with Gasteiger partial charge in [-0.15, -0.1) is 15.0 Å². The number of aryl methyl sites for hydroxylation is 1. The minimum absolute atomic E-state index is 0.497. The predicted molar refractivity (Wildman–Crippen MR) is 64.9 cm³/mol. The van der Waals surface area contributed by atoms with Gasteiger partial charge in [-0.05, 0) is 35.9 Å². The second-order valence-corrected chi connectivity index (χ2v) is 3.84. The maximum atomic E-state index is 4.28. The van der Waals surface area contributed by atoms with Crippen LogP contribution in [0.15, 0.2) is 42.9 Å². The van der Waals surface area contributed by atoms with E-state index in [0.29, 0.717) is 11.5 Å². The molecule has 6 nitrogen and oxygen atoms in total. The maximum Gasteiger partial charge on any atom is 0.223 e. The molecule has 88 valence electrons. The van der Waals surface area contributed by atoms with Crippen LogP contribution in [0, 0.1) is 6.92 Å². The van der Waals surface area contributed by atoms with Crippen LogP contribution in [0.5, 0.6) is 0 Å². The molecule has 3 heterocycles. The summed E-state index contributed by atoms with van der Waals surface area (Å²) >= 11 is 0. The molecule has 0 aliphatic rings. The van der Waals surface area contributed by atoms with Crippen LogP contribution in [0.2, 0.25) is 0 Å². The Morgan fingerprint density at radius 2 is 2.11 bits per heavy atom. The van der Waals surface area contributed by atoms with Crippen LogP contribution in [0.4, 0.5) is 0 Å². The van der Waals surface area contributed by atoms with Crippen molar-refractivity contribution in [2.45, 2.75) is 6.92 Å². The quantitative estimate of drug-likeness (QED) is 0.675. The fraction of sp³-hybridized carbons (Fsp3) is 0.0833. The molecule has 0 unspecified atom stereocenters. The van der Waals surface area contributed by atoms with Crippen LogP contribution in [0.25, 0.3) is 17.2 Å². The lowest BCUT2D eigenvalue weighted by Gasteiger charge is -1.97. The molecule has 0 spiro atoms. The molecule has 0 aliphatic carbocycles. The Balaban J connectivity index is 2.00. The first-order valence-electron chi connectivity index (χ1n) is 5.46. The van der Waals surface area contributed by atoms with Gasteiger partial charge in [0.15, 0.2) is 0 Å². The molecule has 3 aromatic heterocycles. The van der Waals surface area contributed by atoms with Gasteiger partial charge in [-0.3, -0.25) is 9.97 Å². The SMILES string of the molecule is Cc1cncc(-n2nnc(-c3ccccn3)n2)c1. The maximum absolute atomic E-state index is 4.28. The summed E-state index contributed by atoms with van der Waals surface area (Å²) in [5.74, 6) is 0.497. The predicted octanol–water partition coefficient (Wildman–Crippen LogP) is 1.43. The van der Waals surface area contributed by atoms with E-state index >= 15 is 0 Å². The minimum Gasteiger partial charge on any atom is -0.262 e. The number of rotatable bonds is 2. The van der Waals surface area contributed by atoms with Crippen LogP contribution in [-0.4, -0.2) is 30.2 Å². The van der Waals surface area contributed by atoms with Gasteiger partial charge in [0, 0.05) is 12.4 Å². The van der Waals surface area contributed by atoms with Crippen molar-refractivity contribution in [1.29, 1.82) is 0 Å². The highest BCUT2D eigenvalue weighted by molar-refractivity contribution is 5.47. The third-order valence-corrected chi connectivity index (χ3v) is 2.40. The van der Waals surface area contributed by atoms with Crippen LogP contribution in [0.3, 0.4) is 0 Å². The molecule has 0 saturated heterocycles. The first kappa shape index (κ1) is 10.5. The second kappa shape index (κ2) is 4.33. The van der Waals surface area contributed by atoms with Gasteiger partial charge >= 0.3 is 0 Å². The smallest absolute Gasteiger partial charge is 0.223 e. The summed E-state index contributed by atoms with van der Waals surface area (Å²) in [4.78, 5) is 9.73. The number of hydrogen-bond donors (Lipinski definition) is 0. The van der Waals surface area contributed by atoms with E-state index in [1.54, 1.807) is 18.6 Å². The Bertz CT molecular complexity index is 661. The zero-order valence-corrected chi connectivity index (χ0v) is 9.72. The van der Waals surface area contributed by atoms with Gasteiger partial charge in [0.1, 0.15) is 11.4 Å². The highest BCUT2D eigenvalue weighted by Gasteiger charge is 2.07. The summed E-state index contributed by atoms with van der Waals surface area (Å²) in [6, 6.07) is 7.52. The lowest BCUT2D eigenvalue weighted by Crippen LogP contribution is -2.00. The highest BCUT2D eigenvalue weighted by atomic mass is 15.6. The van der Waals surface area contributed by atoms with Crippen molar-refractivity contribution in [3.05, 3.63) is 48.4 Å². The van der Waals surface area contributed by atoms with E-state index in [4.69, 9.17) is 0 Å². The van der Waals surface area contributed by atoms with E-state index in [1.807, 2.05) is 31.2 Å². The third kappa shape index (κ3) is 1.95. The lowest BCUT2D eigenvalue weighted by molar-refractivity contribution is 0.716. The molecule has 0 fully saturated rings. The van der Waals surface area contributed by atoms with Crippen LogP contribution < -0.4 is 0 Å². The first-order chi connectivity index (χ1) is 8.83. The van der Waals surface area contributed by atoms with Gasteiger partial charge in [0.05, 0.1) is 6.20 Å². The van der Waals surface area contributed by atoms with E-state index in [2.05, 4.69) is 25.4 Å². The average Bonchev–Trinajstić information content (AvgIpc) is 2.89. The van der Waals surface area contributed by atoms with Crippen molar-refractivity contribution in [1.82, 2.24) is 30.2 Å². The molecule has 0 amide bonds. The average molecular weight is 238 g/mol. The lowest BCUT2D eigenvalue weighted by atomic mass is 10.3. The van der Waals surface area contributed by atoms with Crippen molar-refractivity contribution < 1.29 is 0 Å². The molecule has 3 rings (SSSR count). The van der Waals surface area contributed by atoms with Crippen LogP contribution in [0.1, 0.15) is 5.56 Å². The van der Waals surface area contributed by atoms with Crippen LogP contribution >= 0.6 is 0 Å². The molecule has 0 bridgehead atoms. The standard InChI is InChI=1S/C12H10N6/c1-9-6-10(8-13-7-9)18-16-12(15-17-18)11-4-2-3-5-14-11/h2-8H,1H3. The molecular formula is C12H10N6. The van der Waals surface area contributed by atoms with Crippen molar-refractivity contribution in [3.8, 4) is 17.2 Å². The molecule has 18 heavy (non-hydrogen) atoms. The summed E-state index contributed by atoms with van der Waals surface area (Å²) in [5.41, 5.74) is 2.53. The molecule has 3 aromatic rings.